The fourth-order valence-electron chi connectivity index (χ4n) is 1.08. The van der Waals surface area contributed by atoms with Gasteiger partial charge in [0.2, 0.25) is 5.96 Å². The Hall–Kier alpha value is -0.590. The lowest BCUT2D eigenvalue weighted by molar-refractivity contribution is 0.819. The van der Waals surface area contributed by atoms with Crippen LogP contribution in [0.15, 0.2) is 32.1 Å². The summed E-state index contributed by atoms with van der Waals surface area (Å²) in [6.45, 7) is 3.96. The smallest absolute Gasteiger partial charge is 0.210 e. The molecule has 4 nitrogen and oxygen atoms in total. The zero-order valence-corrected chi connectivity index (χ0v) is 12.3. The maximum Gasteiger partial charge on any atom is 0.210 e. The third-order valence-corrected chi connectivity index (χ3v) is 2.86. The first-order valence-corrected chi connectivity index (χ1v) is 6.38. The van der Waals surface area contributed by atoms with Crippen molar-refractivity contribution in [3.05, 3.63) is 27.1 Å². The molecule has 0 radical (unpaired) electrons. The number of anilines is 1. The van der Waals surface area contributed by atoms with Gasteiger partial charge in [0.25, 0.3) is 0 Å². The molecule has 1 aromatic rings. The van der Waals surface area contributed by atoms with E-state index in [2.05, 4.69) is 47.6 Å². The van der Waals surface area contributed by atoms with Crippen LogP contribution in [0, 0.1) is 0 Å². The van der Waals surface area contributed by atoms with Crippen molar-refractivity contribution in [3.8, 4) is 0 Å². The van der Waals surface area contributed by atoms with E-state index in [4.69, 9.17) is 5.84 Å². The largest absolute Gasteiger partial charge is 0.324 e. The van der Waals surface area contributed by atoms with E-state index < -0.39 is 0 Å². The van der Waals surface area contributed by atoms with Gasteiger partial charge in [-0.1, -0.05) is 15.9 Å². The Balaban J connectivity index is 2.86. The fourth-order valence-corrected chi connectivity index (χ4v) is 2.23. The number of hydrazine groups is 1. The zero-order valence-electron chi connectivity index (χ0n) is 9.09. The van der Waals surface area contributed by atoms with Gasteiger partial charge in [-0.05, 0) is 48.0 Å². The quantitative estimate of drug-likeness (QED) is 0.333. The van der Waals surface area contributed by atoms with Gasteiger partial charge in [-0.2, -0.15) is 0 Å². The van der Waals surface area contributed by atoms with Crippen LogP contribution in [0.1, 0.15) is 13.8 Å². The lowest BCUT2D eigenvalue weighted by Gasteiger charge is -2.12. The first kappa shape index (κ1) is 13.5. The Labute approximate surface area is 112 Å². The summed E-state index contributed by atoms with van der Waals surface area (Å²) < 4.78 is 1.95. The topological polar surface area (TPSA) is 62.4 Å². The molecule has 0 aliphatic heterocycles. The summed E-state index contributed by atoms with van der Waals surface area (Å²) in [6, 6.07) is 6.00. The van der Waals surface area contributed by atoms with Crippen molar-refractivity contribution in [2.24, 2.45) is 10.8 Å². The van der Waals surface area contributed by atoms with E-state index in [0.717, 1.165) is 14.6 Å². The second-order valence-corrected chi connectivity index (χ2v) is 5.23. The van der Waals surface area contributed by atoms with Gasteiger partial charge >= 0.3 is 0 Å². The molecule has 0 atom stereocenters. The average Bonchev–Trinajstić information content (AvgIpc) is 2.20. The van der Waals surface area contributed by atoms with Crippen molar-refractivity contribution < 1.29 is 0 Å². The molecule has 1 aromatic carbocycles. The van der Waals surface area contributed by atoms with Crippen molar-refractivity contribution in [3.63, 3.8) is 0 Å². The van der Waals surface area contributed by atoms with Crippen LogP contribution in [0.25, 0.3) is 0 Å². The molecule has 6 heteroatoms. The lowest BCUT2D eigenvalue weighted by atomic mass is 10.3. The number of nitrogens with one attached hydrogen (secondary N) is 2. The number of guanidine groups is 1. The lowest BCUT2D eigenvalue weighted by Crippen LogP contribution is -2.37. The van der Waals surface area contributed by atoms with E-state index in [1.807, 2.05) is 32.0 Å². The molecule has 0 aliphatic rings. The summed E-state index contributed by atoms with van der Waals surface area (Å²) in [5.41, 5.74) is 3.43. The van der Waals surface area contributed by atoms with Crippen LogP contribution in [-0.2, 0) is 0 Å². The Morgan fingerprint density at radius 2 is 2.06 bits per heavy atom. The van der Waals surface area contributed by atoms with Crippen LogP contribution < -0.4 is 16.6 Å². The van der Waals surface area contributed by atoms with Crippen molar-refractivity contribution in [1.29, 1.82) is 0 Å². The Kier molecular flexibility index (Phi) is 5.24. The minimum atomic E-state index is 0.174. The van der Waals surface area contributed by atoms with Gasteiger partial charge in [0.05, 0.1) is 5.69 Å². The van der Waals surface area contributed by atoms with E-state index in [1.54, 1.807) is 0 Å². The van der Waals surface area contributed by atoms with E-state index in [0.29, 0.717) is 5.96 Å². The standard InChI is InChI=1S/C10H14Br2N4/c1-6(2)14-10(16-13)15-9-4-3-7(11)5-8(9)12/h3-6H,13H2,1-2H3,(H2,14,15,16). The molecule has 0 fully saturated rings. The number of rotatable bonds is 2. The number of hydrogen-bond acceptors (Lipinski definition) is 2. The predicted octanol–water partition coefficient (Wildman–Crippen LogP) is 2.85. The molecule has 0 aliphatic carbocycles. The molecular formula is C10H14Br2N4. The highest BCUT2D eigenvalue weighted by Crippen LogP contribution is 2.25. The third-order valence-electron chi connectivity index (χ3n) is 1.71. The normalized spacial score (nSPS) is 11.8. The number of hydrogen-bond donors (Lipinski definition) is 3. The molecule has 88 valence electrons. The highest BCUT2D eigenvalue weighted by molar-refractivity contribution is 9.11. The molecule has 16 heavy (non-hydrogen) atoms. The van der Waals surface area contributed by atoms with Crippen molar-refractivity contribution >= 4 is 43.5 Å². The first-order valence-electron chi connectivity index (χ1n) is 4.79. The number of aliphatic imine (C=N–C) groups is 1. The zero-order chi connectivity index (χ0) is 12.1. The SMILES string of the molecule is CC(C)N=C(NN)Nc1ccc(Br)cc1Br. The number of nitrogens with two attached hydrogens (primary N) is 1. The molecule has 1 rings (SSSR count). The van der Waals surface area contributed by atoms with Gasteiger partial charge in [0.1, 0.15) is 0 Å². The van der Waals surface area contributed by atoms with Crippen LogP contribution in [0.4, 0.5) is 5.69 Å². The molecule has 4 N–H and O–H groups in total. The second-order valence-electron chi connectivity index (χ2n) is 3.46. The van der Waals surface area contributed by atoms with Gasteiger partial charge in [-0.3, -0.25) is 5.43 Å². The summed E-state index contributed by atoms with van der Waals surface area (Å²) in [5.74, 6) is 5.92. The van der Waals surface area contributed by atoms with Crippen LogP contribution >= 0.6 is 31.9 Å². The van der Waals surface area contributed by atoms with Crippen LogP contribution in [0.2, 0.25) is 0 Å². The van der Waals surface area contributed by atoms with Crippen LogP contribution in [-0.4, -0.2) is 12.0 Å². The van der Waals surface area contributed by atoms with Gasteiger partial charge < -0.3 is 5.32 Å². The molecule has 0 aromatic heterocycles. The van der Waals surface area contributed by atoms with E-state index in [-0.39, 0.29) is 6.04 Å². The van der Waals surface area contributed by atoms with Gasteiger partial charge in [0, 0.05) is 15.0 Å². The summed E-state index contributed by atoms with van der Waals surface area (Å²) in [6.07, 6.45) is 0. The molecule has 0 unspecified atom stereocenters. The molecular weight excluding hydrogens is 336 g/mol. The molecule has 0 saturated carbocycles. The van der Waals surface area contributed by atoms with Gasteiger partial charge in [-0.25, -0.2) is 10.8 Å². The summed E-state index contributed by atoms with van der Waals surface area (Å²) in [5, 5.41) is 3.10. The Morgan fingerprint density at radius 3 is 2.56 bits per heavy atom. The molecule has 0 heterocycles. The van der Waals surface area contributed by atoms with Crippen molar-refractivity contribution in [2.45, 2.75) is 19.9 Å². The highest BCUT2D eigenvalue weighted by atomic mass is 79.9. The summed E-state index contributed by atoms with van der Waals surface area (Å²) in [7, 11) is 0. The first-order chi connectivity index (χ1) is 7.52. The monoisotopic (exact) mass is 348 g/mol. The maximum absolute atomic E-state index is 5.38. The molecule has 0 spiro atoms. The maximum atomic E-state index is 5.38. The summed E-state index contributed by atoms with van der Waals surface area (Å²) >= 11 is 6.85. The molecule has 0 saturated heterocycles. The highest BCUT2D eigenvalue weighted by Gasteiger charge is 2.03. The van der Waals surface area contributed by atoms with E-state index in [1.165, 1.54) is 0 Å². The third kappa shape index (κ3) is 4.11. The van der Waals surface area contributed by atoms with Gasteiger partial charge in [-0.15, -0.1) is 0 Å². The van der Waals surface area contributed by atoms with E-state index in [9.17, 15) is 0 Å². The van der Waals surface area contributed by atoms with Crippen molar-refractivity contribution in [2.75, 3.05) is 5.32 Å². The van der Waals surface area contributed by atoms with Crippen molar-refractivity contribution in [1.82, 2.24) is 5.43 Å². The van der Waals surface area contributed by atoms with Crippen LogP contribution in [0.5, 0.6) is 0 Å². The summed E-state index contributed by atoms with van der Waals surface area (Å²) in [4.78, 5) is 4.29. The molecule has 0 amide bonds. The number of benzene rings is 1. The Morgan fingerprint density at radius 1 is 1.38 bits per heavy atom. The average molecular weight is 350 g/mol. The van der Waals surface area contributed by atoms with Crippen LogP contribution in [0.3, 0.4) is 0 Å². The van der Waals surface area contributed by atoms with Gasteiger partial charge in [0.15, 0.2) is 0 Å². The number of halogens is 2. The fraction of sp³-hybridized carbons (Fsp3) is 0.300. The van der Waals surface area contributed by atoms with E-state index >= 15 is 0 Å². The Bertz CT molecular complexity index is 390. The minimum Gasteiger partial charge on any atom is -0.324 e. The minimum absolute atomic E-state index is 0.174. The number of nitrogens with zero attached hydrogens (tertiary/aromatic N) is 1. The molecule has 0 bridgehead atoms. The second kappa shape index (κ2) is 6.22. The predicted molar refractivity (Wildman–Crippen MR) is 75.4 cm³/mol.